The summed E-state index contributed by atoms with van der Waals surface area (Å²) >= 11 is 0. The third-order valence-electron chi connectivity index (χ3n) is 4.11. The van der Waals surface area contributed by atoms with E-state index < -0.39 is 12.3 Å². The summed E-state index contributed by atoms with van der Waals surface area (Å²) < 4.78 is 27.7. The van der Waals surface area contributed by atoms with Gasteiger partial charge >= 0.3 is 0 Å². The summed E-state index contributed by atoms with van der Waals surface area (Å²) in [5.41, 5.74) is -0.330. The van der Waals surface area contributed by atoms with Gasteiger partial charge < -0.3 is 0 Å². The molecule has 16 heavy (non-hydrogen) atoms. The average Bonchev–Trinajstić information content (AvgIpc) is 2.30. The molecule has 1 fully saturated rings. The fourth-order valence-electron chi connectivity index (χ4n) is 3.03. The monoisotopic (exact) mass is 232 g/mol. The van der Waals surface area contributed by atoms with E-state index in [1.807, 2.05) is 0 Å². The summed E-state index contributed by atoms with van der Waals surface area (Å²) in [5.74, 6) is 0. The Bertz CT molecular complexity index is 183. The van der Waals surface area contributed by atoms with E-state index in [9.17, 15) is 8.78 Å². The molecule has 96 valence electrons. The molecule has 0 N–H and O–H groups in total. The van der Waals surface area contributed by atoms with Gasteiger partial charge in [-0.25, -0.2) is 8.78 Å². The fraction of sp³-hybridized carbons (Fsp3) is 1.00. The van der Waals surface area contributed by atoms with Gasteiger partial charge in [0.05, 0.1) is 0 Å². The first-order valence-corrected chi connectivity index (χ1v) is 6.94. The molecule has 0 nitrogen and oxygen atoms in total. The second kappa shape index (κ2) is 6.56. The van der Waals surface area contributed by atoms with E-state index in [2.05, 4.69) is 13.8 Å². The van der Waals surface area contributed by atoms with Crippen LogP contribution in [0.2, 0.25) is 0 Å². The van der Waals surface area contributed by atoms with Gasteiger partial charge in [0.15, 0.2) is 0 Å². The van der Waals surface area contributed by atoms with Crippen molar-refractivity contribution < 1.29 is 8.78 Å². The zero-order chi connectivity index (χ0) is 12.0. The van der Waals surface area contributed by atoms with Gasteiger partial charge in [-0.1, -0.05) is 39.5 Å². The first-order chi connectivity index (χ1) is 7.66. The lowest BCUT2D eigenvalue weighted by molar-refractivity contribution is -0.0230. The third kappa shape index (κ3) is 3.18. The van der Waals surface area contributed by atoms with Gasteiger partial charge in [-0.05, 0) is 32.1 Å². The highest BCUT2D eigenvalue weighted by atomic mass is 19.2. The summed E-state index contributed by atoms with van der Waals surface area (Å²) in [4.78, 5) is 0. The van der Waals surface area contributed by atoms with Gasteiger partial charge in [-0.15, -0.1) is 0 Å². The molecule has 0 aromatic heterocycles. The first-order valence-electron chi connectivity index (χ1n) is 6.94. The molecule has 0 spiro atoms. The standard InChI is InChI=1S/C14H26F2/c1-3-5-9-14(10-6-4-2)11-7-8-12(15)13(14)16/h12-13H,3-11H2,1-2H3. The molecule has 1 rings (SSSR count). The van der Waals surface area contributed by atoms with Crippen LogP contribution in [0.25, 0.3) is 0 Å². The van der Waals surface area contributed by atoms with Crippen molar-refractivity contribution in [3.63, 3.8) is 0 Å². The van der Waals surface area contributed by atoms with E-state index in [0.29, 0.717) is 6.42 Å². The molecular weight excluding hydrogens is 206 g/mol. The lowest BCUT2D eigenvalue weighted by Crippen LogP contribution is -2.42. The van der Waals surface area contributed by atoms with E-state index in [1.54, 1.807) is 0 Å². The van der Waals surface area contributed by atoms with Gasteiger partial charge in [0.2, 0.25) is 0 Å². The van der Waals surface area contributed by atoms with Gasteiger partial charge in [-0.2, -0.15) is 0 Å². The number of halogens is 2. The van der Waals surface area contributed by atoms with E-state index in [0.717, 1.165) is 51.4 Å². The summed E-state index contributed by atoms with van der Waals surface area (Å²) in [5, 5.41) is 0. The van der Waals surface area contributed by atoms with Crippen molar-refractivity contribution in [1.29, 1.82) is 0 Å². The third-order valence-corrected chi connectivity index (χ3v) is 4.11. The zero-order valence-electron chi connectivity index (χ0n) is 10.8. The molecule has 0 aromatic carbocycles. The lowest BCUT2D eigenvalue weighted by Gasteiger charge is -2.42. The number of alkyl halides is 2. The van der Waals surface area contributed by atoms with Crippen LogP contribution in [-0.2, 0) is 0 Å². The Morgan fingerprint density at radius 3 is 2.12 bits per heavy atom. The Labute approximate surface area is 98.8 Å². The maximum absolute atomic E-state index is 14.2. The second-order valence-corrected chi connectivity index (χ2v) is 5.38. The molecule has 1 aliphatic carbocycles. The lowest BCUT2D eigenvalue weighted by atomic mass is 9.66. The van der Waals surface area contributed by atoms with Crippen molar-refractivity contribution in [3.8, 4) is 0 Å². The maximum Gasteiger partial charge on any atom is 0.137 e. The van der Waals surface area contributed by atoms with E-state index in [-0.39, 0.29) is 5.41 Å². The maximum atomic E-state index is 14.2. The van der Waals surface area contributed by atoms with Gasteiger partial charge in [0, 0.05) is 5.41 Å². The minimum atomic E-state index is -1.21. The van der Waals surface area contributed by atoms with E-state index in [4.69, 9.17) is 0 Å². The minimum absolute atomic E-state index is 0.330. The van der Waals surface area contributed by atoms with Crippen LogP contribution >= 0.6 is 0 Å². The number of unbranched alkanes of at least 4 members (excludes halogenated alkanes) is 2. The number of rotatable bonds is 6. The van der Waals surface area contributed by atoms with Crippen molar-refractivity contribution in [3.05, 3.63) is 0 Å². The van der Waals surface area contributed by atoms with Crippen LogP contribution in [0.15, 0.2) is 0 Å². The normalized spacial score (nSPS) is 29.2. The van der Waals surface area contributed by atoms with E-state index in [1.165, 1.54) is 0 Å². The van der Waals surface area contributed by atoms with Crippen LogP contribution in [-0.4, -0.2) is 12.3 Å². The van der Waals surface area contributed by atoms with Gasteiger partial charge in [-0.3, -0.25) is 0 Å². The Balaban J connectivity index is 2.66. The van der Waals surface area contributed by atoms with Crippen LogP contribution < -0.4 is 0 Å². The second-order valence-electron chi connectivity index (χ2n) is 5.38. The molecule has 2 heteroatoms. The predicted octanol–water partition coefficient (Wildman–Crippen LogP) is 5.21. The molecule has 0 radical (unpaired) electrons. The van der Waals surface area contributed by atoms with Crippen molar-refractivity contribution in [2.24, 2.45) is 5.41 Å². The molecule has 0 aliphatic heterocycles. The zero-order valence-corrected chi connectivity index (χ0v) is 10.8. The molecule has 2 atom stereocenters. The SMILES string of the molecule is CCCCC1(CCCC)CCCC(F)C1F. The van der Waals surface area contributed by atoms with Crippen LogP contribution in [0, 0.1) is 5.41 Å². The molecular formula is C14H26F2. The Morgan fingerprint density at radius 1 is 1.06 bits per heavy atom. The highest BCUT2D eigenvalue weighted by Crippen LogP contribution is 2.47. The Morgan fingerprint density at radius 2 is 1.62 bits per heavy atom. The largest absolute Gasteiger partial charge is 0.244 e. The molecule has 0 bridgehead atoms. The molecule has 1 saturated carbocycles. The average molecular weight is 232 g/mol. The van der Waals surface area contributed by atoms with Crippen LogP contribution in [0.3, 0.4) is 0 Å². The fourth-order valence-corrected chi connectivity index (χ4v) is 3.03. The topological polar surface area (TPSA) is 0 Å². The molecule has 1 aliphatic rings. The van der Waals surface area contributed by atoms with Crippen LogP contribution in [0.1, 0.15) is 71.6 Å². The van der Waals surface area contributed by atoms with Crippen molar-refractivity contribution in [2.75, 3.05) is 0 Å². The smallest absolute Gasteiger partial charge is 0.137 e. The molecule has 0 amide bonds. The summed E-state index contributed by atoms with van der Waals surface area (Å²) in [6.07, 6.45) is 5.78. The van der Waals surface area contributed by atoms with Crippen molar-refractivity contribution in [2.45, 2.75) is 84.0 Å². The highest BCUT2D eigenvalue weighted by molar-refractivity contribution is 4.94. The van der Waals surface area contributed by atoms with Crippen molar-refractivity contribution >= 4 is 0 Å². The van der Waals surface area contributed by atoms with Crippen molar-refractivity contribution in [1.82, 2.24) is 0 Å². The minimum Gasteiger partial charge on any atom is -0.244 e. The number of hydrogen-bond donors (Lipinski definition) is 0. The molecule has 2 unspecified atom stereocenters. The van der Waals surface area contributed by atoms with Crippen LogP contribution in [0.5, 0.6) is 0 Å². The molecule has 0 saturated heterocycles. The predicted molar refractivity (Wildman–Crippen MR) is 65.1 cm³/mol. The summed E-state index contributed by atoms with van der Waals surface area (Å²) in [7, 11) is 0. The first kappa shape index (κ1) is 13.9. The van der Waals surface area contributed by atoms with Gasteiger partial charge in [0.1, 0.15) is 12.3 Å². The van der Waals surface area contributed by atoms with Gasteiger partial charge in [0.25, 0.3) is 0 Å². The highest BCUT2D eigenvalue weighted by Gasteiger charge is 2.45. The molecule has 0 aromatic rings. The summed E-state index contributed by atoms with van der Waals surface area (Å²) in [6, 6.07) is 0. The molecule has 0 heterocycles. The summed E-state index contributed by atoms with van der Waals surface area (Å²) in [6.45, 7) is 4.24. The Kier molecular flexibility index (Phi) is 5.71. The quantitative estimate of drug-likeness (QED) is 0.589. The van der Waals surface area contributed by atoms with Crippen LogP contribution in [0.4, 0.5) is 8.78 Å². The Hall–Kier alpha value is -0.140. The van der Waals surface area contributed by atoms with E-state index >= 15 is 0 Å². The number of hydrogen-bond acceptors (Lipinski definition) is 0.